The van der Waals surface area contributed by atoms with Gasteiger partial charge in [0.1, 0.15) is 0 Å². The third kappa shape index (κ3) is 2.55. The van der Waals surface area contributed by atoms with Gasteiger partial charge in [-0.15, -0.1) is 0 Å². The highest BCUT2D eigenvalue weighted by Crippen LogP contribution is 2.33. The van der Waals surface area contributed by atoms with Crippen LogP contribution in [0.1, 0.15) is 12.5 Å². The number of rotatable bonds is 2. The lowest BCUT2D eigenvalue weighted by Gasteiger charge is -2.19. The molecule has 0 spiro atoms. The van der Waals surface area contributed by atoms with E-state index in [-0.39, 0.29) is 5.69 Å². The molecule has 0 saturated heterocycles. The normalized spacial score (nSPS) is 11.5. The quantitative estimate of drug-likeness (QED) is 0.773. The molecule has 1 aromatic rings. The first kappa shape index (κ1) is 11.7. The van der Waals surface area contributed by atoms with E-state index >= 15 is 0 Å². The van der Waals surface area contributed by atoms with E-state index in [1.54, 1.807) is 11.9 Å². The Morgan fingerprint density at radius 2 is 1.93 bits per heavy atom. The average molecular weight is 218 g/mol. The molecule has 5 heteroatoms. The molecule has 0 unspecified atom stereocenters. The Hall–Kier alpha value is -1.39. The molecule has 0 bridgehead atoms. The first-order chi connectivity index (χ1) is 6.86. The van der Waals surface area contributed by atoms with E-state index in [4.69, 9.17) is 5.73 Å². The van der Waals surface area contributed by atoms with Crippen LogP contribution >= 0.6 is 0 Å². The van der Waals surface area contributed by atoms with Crippen LogP contribution < -0.4 is 10.6 Å². The summed E-state index contributed by atoms with van der Waals surface area (Å²) in [6.07, 6.45) is -4.34. The largest absolute Gasteiger partial charge is 0.416 e. The van der Waals surface area contributed by atoms with E-state index in [0.717, 1.165) is 12.1 Å². The molecule has 0 saturated carbocycles. The molecular weight excluding hydrogens is 205 g/mol. The zero-order valence-corrected chi connectivity index (χ0v) is 8.60. The van der Waals surface area contributed by atoms with Crippen molar-refractivity contribution in [3.05, 3.63) is 23.8 Å². The highest BCUT2D eigenvalue weighted by molar-refractivity contribution is 5.68. The van der Waals surface area contributed by atoms with Crippen LogP contribution in [0.5, 0.6) is 0 Å². The molecule has 0 amide bonds. The van der Waals surface area contributed by atoms with Crippen LogP contribution in [0.15, 0.2) is 18.2 Å². The number of halogens is 3. The van der Waals surface area contributed by atoms with Gasteiger partial charge in [0.2, 0.25) is 0 Å². The predicted molar refractivity (Wildman–Crippen MR) is 54.8 cm³/mol. The summed E-state index contributed by atoms with van der Waals surface area (Å²) < 4.78 is 36.9. The van der Waals surface area contributed by atoms with Crippen LogP contribution in [0.2, 0.25) is 0 Å². The van der Waals surface area contributed by atoms with Gasteiger partial charge in [-0.05, 0) is 25.1 Å². The Morgan fingerprint density at radius 1 is 1.33 bits per heavy atom. The number of alkyl halides is 3. The van der Waals surface area contributed by atoms with Gasteiger partial charge >= 0.3 is 6.18 Å². The fraction of sp³-hybridized carbons (Fsp3) is 0.400. The van der Waals surface area contributed by atoms with Crippen molar-refractivity contribution in [2.45, 2.75) is 13.1 Å². The molecule has 0 aliphatic heterocycles. The summed E-state index contributed by atoms with van der Waals surface area (Å²) in [4.78, 5) is 1.79. The number of nitrogens with zero attached hydrogens (tertiary/aromatic N) is 1. The topological polar surface area (TPSA) is 29.3 Å². The summed E-state index contributed by atoms with van der Waals surface area (Å²) >= 11 is 0. The third-order valence-electron chi connectivity index (χ3n) is 2.24. The summed E-state index contributed by atoms with van der Waals surface area (Å²) in [6, 6.07) is 3.39. The SMILES string of the molecule is CCN(C)c1ccc(C(F)(F)F)cc1N. The Kier molecular flexibility index (Phi) is 3.12. The summed E-state index contributed by atoms with van der Waals surface area (Å²) in [5.41, 5.74) is 5.60. The number of hydrogen-bond donors (Lipinski definition) is 1. The second-order valence-corrected chi connectivity index (χ2v) is 3.29. The molecule has 1 aromatic carbocycles. The van der Waals surface area contributed by atoms with Gasteiger partial charge in [-0.3, -0.25) is 0 Å². The van der Waals surface area contributed by atoms with Gasteiger partial charge in [0.25, 0.3) is 0 Å². The van der Waals surface area contributed by atoms with Crippen molar-refractivity contribution in [3.63, 3.8) is 0 Å². The molecule has 84 valence electrons. The smallest absolute Gasteiger partial charge is 0.397 e. The van der Waals surface area contributed by atoms with Crippen molar-refractivity contribution in [2.75, 3.05) is 24.2 Å². The van der Waals surface area contributed by atoms with Gasteiger partial charge in [0.05, 0.1) is 16.9 Å². The second kappa shape index (κ2) is 4.00. The van der Waals surface area contributed by atoms with Crippen LogP contribution in [0.25, 0.3) is 0 Å². The van der Waals surface area contributed by atoms with E-state index in [1.807, 2.05) is 6.92 Å². The van der Waals surface area contributed by atoms with Crippen LogP contribution in [0.3, 0.4) is 0 Å². The maximum Gasteiger partial charge on any atom is 0.416 e. The summed E-state index contributed by atoms with van der Waals surface area (Å²) in [7, 11) is 1.78. The summed E-state index contributed by atoms with van der Waals surface area (Å²) in [5.74, 6) is 0. The van der Waals surface area contributed by atoms with Crippen LogP contribution in [-0.2, 0) is 6.18 Å². The van der Waals surface area contributed by atoms with E-state index < -0.39 is 11.7 Å². The van der Waals surface area contributed by atoms with Gasteiger partial charge in [-0.2, -0.15) is 13.2 Å². The molecule has 15 heavy (non-hydrogen) atoms. The lowest BCUT2D eigenvalue weighted by molar-refractivity contribution is -0.137. The molecule has 0 radical (unpaired) electrons. The number of anilines is 2. The number of nitrogens with two attached hydrogens (primary N) is 1. The second-order valence-electron chi connectivity index (χ2n) is 3.29. The Labute approximate surface area is 86.5 Å². The monoisotopic (exact) mass is 218 g/mol. The van der Waals surface area contributed by atoms with Crippen molar-refractivity contribution in [3.8, 4) is 0 Å². The zero-order chi connectivity index (χ0) is 11.6. The van der Waals surface area contributed by atoms with Gasteiger partial charge in [0, 0.05) is 13.6 Å². The Morgan fingerprint density at radius 3 is 2.33 bits per heavy atom. The fourth-order valence-electron chi connectivity index (χ4n) is 1.25. The van der Waals surface area contributed by atoms with Gasteiger partial charge < -0.3 is 10.6 Å². The maximum atomic E-state index is 12.3. The van der Waals surface area contributed by atoms with Crippen molar-refractivity contribution in [2.24, 2.45) is 0 Å². The lowest BCUT2D eigenvalue weighted by atomic mass is 10.1. The molecule has 2 nitrogen and oxygen atoms in total. The summed E-state index contributed by atoms with van der Waals surface area (Å²) in [6.45, 7) is 2.59. The third-order valence-corrected chi connectivity index (χ3v) is 2.24. The van der Waals surface area contributed by atoms with E-state index in [2.05, 4.69) is 0 Å². The Balaban J connectivity index is 3.09. The standard InChI is InChI=1S/C10H13F3N2/c1-3-15(2)9-5-4-7(6-8(9)14)10(11,12)13/h4-6H,3,14H2,1-2H3. The predicted octanol–water partition coefficient (Wildman–Crippen LogP) is 2.74. The molecule has 0 aliphatic rings. The first-order valence-electron chi connectivity index (χ1n) is 4.54. The van der Waals surface area contributed by atoms with E-state index in [9.17, 15) is 13.2 Å². The minimum Gasteiger partial charge on any atom is -0.397 e. The van der Waals surface area contributed by atoms with Gasteiger partial charge in [-0.1, -0.05) is 0 Å². The number of benzene rings is 1. The molecular formula is C10H13F3N2. The highest BCUT2D eigenvalue weighted by atomic mass is 19.4. The molecule has 0 aliphatic carbocycles. The zero-order valence-electron chi connectivity index (χ0n) is 8.60. The number of nitrogen functional groups attached to an aromatic ring is 1. The van der Waals surface area contributed by atoms with Crippen molar-refractivity contribution < 1.29 is 13.2 Å². The lowest BCUT2D eigenvalue weighted by Crippen LogP contribution is -2.18. The number of hydrogen-bond acceptors (Lipinski definition) is 2. The first-order valence-corrected chi connectivity index (χ1v) is 4.54. The van der Waals surface area contributed by atoms with Crippen LogP contribution in [0.4, 0.5) is 24.5 Å². The minimum atomic E-state index is -4.34. The molecule has 2 N–H and O–H groups in total. The van der Waals surface area contributed by atoms with Crippen molar-refractivity contribution in [1.82, 2.24) is 0 Å². The van der Waals surface area contributed by atoms with Crippen LogP contribution in [0, 0.1) is 0 Å². The molecule has 0 aromatic heterocycles. The molecule has 0 fully saturated rings. The highest BCUT2D eigenvalue weighted by Gasteiger charge is 2.30. The van der Waals surface area contributed by atoms with Crippen LogP contribution in [-0.4, -0.2) is 13.6 Å². The minimum absolute atomic E-state index is 0.147. The van der Waals surface area contributed by atoms with Gasteiger partial charge in [-0.25, -0.2) is 0 Å². The molecule has 1 rings (SSSR count). The maximum absolute atomic E-state index is 12.3. The van der Waals surface area contributed by atoms with Crippen molar-refractivity contribution >= 4 is 11.4 Å². The average Bonchev–Trinajstić information content (AvgIpc) is 2.15. The summed E-state index contributed by atoms with van der Waals surface area (Å²) in [5, 5.41) is 0. The molecule has 0 heterocycles. The Bertz CT molecular complexity index is 347. The van der Waals surface area contributed by atoms with Gasteiger partial charge in [0.15, 0.2) is 0 Å². The molecule has 0 atom stereocenters. The fourth-order valence-corrected chi connectivity index (χ4v) is 1.25. The van der Waals surface area contributed by atoms with Crippen molar-refractivity contribution in [1.29, 1.82) is 0 Å². The van der Waals surface area contributed by atoms with E-state index in [0.29, 0.717) is 12.2 Å². The van der Waals surface area contributed by atoms with E-state index in [1.165, 1.54) is 6.07 Å².